The van der Waals surface area contributed by atoms with Crippen LogP contribution in [-0.4, -0.2) is 4.98 Å². The Hall–Kier alpha value is -1.10. The molecular formula is C21H27ClN2S2. The van der Waals surface area contributed by atoms with Crippen molar-refractivity contribution in [1.82, 2.24) is 4.98 Å². The van der Waals surface area contributed by atoms with E-state index in [2.05, 4.69) is 47.7 Å². The first-order valence-electron chi connectivity index (χ1n) is 9.57. The van der Waals surface area contributed by atoms with Crippen molar-refractivity contribution in [1.29, 1.82) is 0 Å². The van der Waals surface area contributed by atoms with E-state index in [0.717, 1.165) is 17.7 Å². The maximum atomic E-state index is 6.30. The molecule has 0 bridgehead atoms. The molecule has 5 heteroatoms. The number of anilines is 1. The van der Waals surface area contributed by atoms with Crippen molar-refractivity contribution in [3.05, 3.63) is 44.6 Å². The zero-order valence-corrected chi connectivity index (χ0v) is 17.9. The normalized spacial score (nSPS) is 11.5. The molecule has 0 aliphatic rings. The van der Waals surface area contributed by atoms with Crippen LogP contribution in [0.15, 0.2) is 29.6 Å². The number of pyridine rings is 1. The molecule has 1 N–H and O–H groups in total. The van der Waals surface area contributed by atoms with Gasteiger partial charge in [-0.2, -0.15) is 0 Å². The highest BCUT2D eigenvalue weighted by Gasteiger charge is 2.17. The van der Waals surface area contributed by atoms with Crippen LogP contribution in [0, 0.1) is 0 Å². The van der Waals surface area contributed by atoms with Gasteiger partial charge in [0, 0.05) is 22.4 Å². The third-order valence-electron chi connectivity index (χ3n) is 4.71. The van der Waals surface area contributed by atoms with Crippen molar-refractivity contribution in [3.63, 3.8) is 0 Å². The van der Waals surface area contributed by atoms with E-state index in [1.165, 1.54) is 53.0 Å². The SMILES string of the molecule is CCCCC(CCCC)c1cc2nc(Cl)cc(NCc3cccs3)c2s1. The Balaban J connectivity index is 1.86. The van der Waals surface area contributed by atoms with Crippen LogP contribution in [-0.2, 0) is 6.54 Å². The minimum atomic E-state index is 0.564. The van der Waals surface area contributed by atoms with Crippen LogP contribution >= 0.6 is 34.3 Å². The predicted octanol–water partition coefficient (Wildman–Crippen LogP) is 8.09. The summed E-state index contributed by atoms with van der Waals surface area (Å²) in [5.74, 6) is 0.651. The smallest absolute Gasteiger partial charge is 0.131 e. The van der Waals surface area contributed by atoms with Gasteiger partial charge in [-0.1, -0.05) is 57.2 Å². The molecule has 0 aliphatic carbocycles. The molecular weight excluding hydrogens is 380 g/mol. The Morgan fingerprint density at radius 2 is 1.92 bits per heavy atom. The summed E-state index contributed by atoms with van der Waals surface area (Å²) < 4.78 is 1.24. The third-order valence-corrected chi connectivity index (χ3v) is 7.10. The molecule has 0 saturated carbocycles. The van der Waals surface area contributed by atoms with Crippen molar-refractivity contribution in [3.8, 4) is 0 Å². The molecule has 0 aromatic carbocycles. The average Bonchev–Trinajstić information content (AvgIpc) is 3.29. The van der Waals surface area contributed by atoms with Crippen molar-refractivity contribution < 1.29 is 0 Å². The first-order valence-corrected chi connectivity index (χ1v) is 11.6. The molecule has 2 nitrogen and oxygen atoms in total. The van der Waals surface area contributed by atoms with Crippen LogP contribution in [0.3, 0.4) is 0 Å². The highest BCUT2D eigenvalue weighted by molar-refractivity contribution is 7.19. The number of nitrogens with zero attached hydrogens (tertiary/aromatic N) is 1. The van der Waals surface area contributed by atoms with Crippen molar-refractivity contribution in [2.24, 2.45) is 0 Å². The molecule has 0 spiro atoms. The number of fused-ring (bicyclic) bond motifs is 1. The van der Waals surface area contributed by atoms with Gasteiger partial charge in [0.1, 0.15) is 5.15 Å². The first kappa shape index (κ1) is 19.7. The molecule has 0 radical (unpaired) electrons. The minimum absolute atomic E-state index is 0.564. The lowest BCUT2D eigenvalue weighted by Gasteiger charge is -2.14. The van der Waals surface area contributed by atoms with Gasteiger partial charge < -0.3 is 5.32 Å². The molecule has 0 atom stereocenters. The second kappa shape index (κ2) is 9.72. The monoisotopic (exact) mass is 406 g/mol. The van der Waals surface area contributed by atoms with Crippen LogP contribution < -0.4 is 5.32 Å². The molecule has 0 fully saturated rings. The van der Waals surface area contributed by atoms with Gasteiger partial charge in [0.2, 0.25) is 0 Å². The van der Waals surface area contributed by atoms with E-state index in [9.17, 15) is 0 Å². The Bertz CT molecular complexity index is 803. The van der Waals surface area contributed by atoms with Gasteiger partial charge in [0.15, 0.2) is 0 Å². The summed E-state index contributed by atoms with van der Waals surface area (Å²) >= 11 is 9.97. The number of thiophene rings is 2. The van der Waals surface area contributed by atoms with E-state index in [1.807, 2.05) is 17.4 Å². The van der Waals surface area contributed by atoms with E-state index in [1.54, 1.807) is 11.3 Å². The van der Waals surface area contributed by atoms with Gasteiger partial charge in [0.25, 0.3) is 0 Å². The lowest BCUT2D eigenvalue weighted by atomic mass is 9.94. The topological polar surface area (TPSA) is 24.9 Å². The summed E-state index contributed by atoms with van der Waals surface area (Å²) in [5, 5.41) is 6.24. The fraction of sp³-hybridized carbons (Fsp3) is 0.476. The maximum Gasteiger partial charge on any atom is 0.131 e. The minimum Gasteiger partial charge on any atom is -0.379 e. The molecule has 0 saturated heterocycles. The van der Waals surface area contributed by atoms with Gasteiger partial charge >= 0.3 is 0 Å². The second-order valence-corrected chi connectivity index (χ2v) is 9.27. The number of aromatic nitrogens is 1. The summed E-state index contributed by atoms with van der Waals surface area (Å²) in [6.07, 6.45) is 7.64. The summed E-state index contributed by atoms with van der Waals surface area (Å²) in [7, 11) is 0. The largest absolute Gasteiger partial charge is 0.379 e. The summed E-state index contributed by atoms with van der Waals surface area (Å²) in [4.78, 5) is 7.38. The van der Waals surface area contributed by atoms with E-state index < -0.39 is 0 Å². The van der Waals surface area contributed by atoms with E-state index >= 15 is 0 Å². The van der Waals surface area contributed by atoms with Crippen LogP contribution in [0.25, 0.3) is 10.2 Å². The Labute approximate surface area is 169 Å². The highest BCUT2D eigenvalue weighted by Crippen LogP contribution is 2.39. The number of hydrogen-bond donors (Lipinski definition) is 1. The standard InChI is InChI=1S/C21H27ClN2S2/c1-3-5-8-15(9-6-4-2)19-12-18-21(26-19)17(13-20(22)24-18)23-14-16-10-7-11-25-16/h7,10-13,15H,3-6,8-9,14H2,1-2H3,(H,23,24). The van der Waals surface area contributed by atoms with Crippen molar-refractivity contribution >= 4 is 50.2 Å². The number of nitrogens with one attached hydrogen (secondary N) is 1. The molecule has 140 valence electrons. The molecule has 3 heterocycles. The number of hydrogen-bond acceptors (Lipinski definition) is 4. The molecule has 3 aromatic rings. The van der Waals surface area contributed by atoms with Crippen LogP contribution in [0.5, 0.6) is 0 Å². The van der Waals surface area contributed by atoms with Gasteiger partial charge in [-0.15, -0.1) is 22.7 Å². The average molecular weight is 407 g/mol. The highest BCUT2D eigenvalue weighted by atomic mass is 35.5. The zero-order chi connectivity index (χ0) is 18.4. The second-order valence-electron chi connectivity index (χ2n) is 6.77. The molecule has 0 unspecified atom stereocenters. The fourth-order valence-electron chi connectivity index (χ4n) is 3.27. The number of unbranched alkanes of at least 4 members (excludes halogenated alkanes) is 2. The van der Waals surface area contributed by atoms with Crippen LogP contribution in [0.1, 0.15) is 68.0 Å². The van der Waals surface area contributed by atoms with Gasteiger partial charge in [-0.25, -0.2) is 4.98 Å². The molecule has 0 aliphatic heterocycles. The summed E-state index contributed by atoms with van der Waals surface area (Å²) in [6, 6.07) is 8.48. The maximum absolute atomic E-state index is 6.30. The quantitative estimate of drug-likeness (QED) is 0.344. The Morgan fingerprint density at radius 3 is 2.58 bits per heavy atom. The van der Waals surface area contributed by atoms with E-state index in [0.29, 0.717) is 11.1 Å². The lowest BCUT2D eigenvalue weighted by molar-refractivity contribution is 0.531. The van der Waals surface area contributed by atoms with Crippen molar-refractivity contribution in [2.45, 2.75) is 64.8 Å². The summed E-state index contributed by atoms with van der Waals surface area (Å²) in [6.45, 7) is 5.38. The van der Waals surface area contributed by atoms with Crippen LogP contribution in [0.2, 0.25) is 5.15 Å². The Morgan fingerprint density at radius 1 is 1.15 bits per heavy atom. The molecule has 26 heavy (non-hydrogen) atoms. The van der Waals surface area contributed by atoms with Gasteiger partial charge in [-0.3, -0.25) is 0 Å². The van der Waals surface area contributed by atoms with Crippen molar-refractivity contribution in [2.75, 3.05) is 5.32 Å². The summed E-state index contributed by atoms with van der Waals surface area (Å²) in [5.41, 5.74) is 2.14. The van der Waals surface area contributed by atoms with Gasteiger partial charge in [0.05, 0.1) is 15.9 Å². The number of rotatable bonds is 10. The first-order chi connectivity index (χ1) is 12.7. The Kier molecular flexibility index (Phi) is 7.35. The van der Waals surface area contributed by atoms with E-state index in [4.69, 9.17) is 11.6 Å². The third kappa shape index (κ3) is 4.99. The van der Waals surface area contributed by atoms with Gasteiger partial charge in [-0.05, 0) is 36.3 Å². The molecule has 3 aromatic heterocycles. The fourth-order valence-corrected chi connectivity index (χ4v) is 5.37. The van der Waals surface area contributed by atoms with Crippen LogP contribution in [0.4, 0.5) is 5.69 Å². The molecule has 0 amide bonds. The molecule has 3 rings (SSSR count). The number of halogens is 1. The predicted molar refractivity (Wildman–Crippen MR) is 118 cm³/mol. The van der Waals surface area contributed by atoms with E-state index in [-0.39, 0.29) is 0 Å². The zero-order valence-electron chi connectivity index (χ0n) is 15.6. The lowest BCUT2D eigenvalue weighted by Crippen LogP contribution is -1.97.